The van der Waals surface area contributed by atoms with E-state index in [1.807, 2.05) is 146 Å². The van der Waals surface area contributed by atoms with Crippen LogP contribution in [0.3, 0.4) is 0 Å². The Bertz CT molecular complexity index is 3650. The first-order valence-electron chi connectivity index (χ1n) is 24.1. The minimum absolute atomic E-state index is 0.243. The van der Waals surface area contributed by atoms with Crippen LogP contribution in [0.2, 0.25) is 0 Å². The molecule has 350 valence electrons. The lowest BCUT2D eigenvalue weighted by molar-refractivity contribution is -0.137. The minimum atomic E-state index is -4.77. The van der Waals surface area contributed by atoms with Crippen LogP contribution in [0.15, 0.2) is 231 Å². The Morgan fingerprint density at radius 1 is 0.329 bits per heavy atom. The molecule has 9 aromatic carbocycles. The van der Waals surface area contributed by atoms with E-state index in [-0.39, 0.29) is 11.1 Å². The van der Waals surface area contributed by atoms with Crippen LogP contribution in [-0.4, -0.2) is 24.5 Å². The van der Waals surface area contributed by atoms with Crippen molar-refractivity contribution in [3.05, 3.63) is 247 Å². The van der Waals surface area contributed by atoms with E-state index in [0.29, 0.717) is 40.1 Å². The van der Waals surface area contributed by atoms with E-state index in [4.69, 9.17) is 19.9 Å². The number of fused-ring (bicyclic) bond motifs is 3. The molecule has 0 fully saturated rings. The van der Waals surface area contributed by atoms with E-state index < -0.39 is 11.7 Å². The number of aromatic nitrogens is 5. The van der Waals surface area contributed by atoms with Gasteiger partial charge in [-0.1, -0.05) is 182 Å². The Kier molecular flexibility index (Phi) is 11.4. The van der Waals surface area contributed by atoms with Crippen molar-refractivity contribution in [1.82, 2.24) is 24.5 Å². The number of halogens is 3. The predicted molar refractivity (Wildman–Crippen MR) is 290 cm³/mol. The molecule has 73 heavy (non-hydrogen) atoms. The zero-order valence-corrected chi connectivity index (χ0v) is 39.8. The van der Waals surface area contributed by atoms with Gasteiger partial charge in [0.15, 0.2) is 11.6 Å². The molecule has 5 nitrogen and oxygen atoms in total. The summed E-state index contributed by atoms with van der Waals surface area (Å²) in [6, 6.07) is 73.9. The van der Waals surface area contributed by atoms with Crippen LogP contribution in [-0.2, 0) is 6.18 Å². The Morgan fingerprint density at radius 3 is 1.07 bits per heavy atom. The van der Waals surface area contributed by atoms with Gasteiger partial charge in [0.1, 0.15) is 0 Å². The topological polar surface area (TPSA) is 56.5 Å². The zero-order valence-electron chi connectivity index (χ0n) is 39.8. The molecule has 12 rings (SSSR count). The summed E-state index contributed by atoms with van der Waals surface area (Å²) in [7, 11) is 0. The second-order valence-corrected chi connectivity index (χ2v) is 18.2. The average molecular weight is 952 g/mol. The molecule has 0 radical (unpaired) electrons. The number of benzene rings is 9. The van der Waals surface area contributed by atoms with Gasteiger partial charge in [0.25, 0.3) is 0 Å². The fourth-order valence-corrected chi connectivity index (χ4v) is 9.94. The highest BCUT2D eigenvalue weighted by molar-refractivity contribution is 6.13. The highest BCUT2D eigenvalue weighted by Gasteiger charge is 2.35. The Balaban J connectivity index is 1.26. The van der Waals surface area contributed by atoms with Gasteiger partial charge in [-0.05, 0) is 95.8 Å². The van der Waals surface area contributed by atoms with Gasteiger partial charge < -0.3 is 4.57 Å². The SMILES string of the molecule is Cc1ccccc1-c1ccc2c(c1)c1cc(-c3ccccc3C)ccc1n2-c1c(-c2cc(-c3ccccc3)nc(-c3ccccc3)n2)cc(C(F)(F)F)cc1-c1cc(-c2ccccc2)nc(-c2ccccc2)n1. The van der Waals surface area contributed by atoms with Crippen LogP contribution >= 0.6 is 0 Å². The molecule has 0 N–H and O–H groups in total. The van der Waals surface area contributed by atoms with Crippen molar-refractivity contribution in [1.29, 1.82) is 0 Å². The summed E-state index contributed by atoms with van der Waals surface area (Å²) in [6.45, 7) is 4.20. The molecular weight excluding hydrogens is 908 g/mol. The minimum Gasteiger partial charge on any atom is -0.308 e. The molecule has 3 aromatic heterocycles. The second-order valence-electron chi connectivity index (χ2n) is 18.2. The number of hydrogen-bond donors (Lipinski definition) is 0. The quantitative estimate of drug-likeness (QED) is 0.145. The number of nitrogens with zero attached hydrogens (tertiary/aromatic N) is 5. The second kappa shape index (κ2) is 18.5. The molecule has 0 saturated heterocycles. The van der Waals surface area contributed by atoms with Crippen LogP contribution < -0.4 is 0 Å². The molecule has 0 bridgehead atoms. The summed E-state index contributed by atoms with van der Waals surface area (Å²) in [6.07, 6.45) is -4.77. The van der Waals surface area contributed by atoms with Gasteiger partial charge >= 0.3 is 6.18 Å². The lowest BCUT2D eigenvalue weighted by Gasteiger charge is -2.22. The van der Waals surface area contributed by atoms with Crippen molar-refractivity contribution in [3.8, 4) is 95.7 Å². The van der Waals surface area contributed by atoms with Crippen molar-refractivity contribution in [3.63, 3.8) is 0 Å². The van der Waals surface area contributed by atoms with Gasteiger partial charge in [-0.15, -0.1) is 0 Å². The summed E-state index contributed by atoms with van der Waals surface area (Å²) >= 11 is 0. The molecule has 0 atom stereocenters. The van der Waals surface area contributed by atoms with Gasteiger partial charge in [-0.2, -0.15) is 13.2 Å². The molecule has 0 spiro atoms. The third-order valence-electron chi connectivity index (χ3n) is 13.5. The lowest BCUT2D eigenvalue weighted by atomic mass is 9.95. The van der Waals surface area contributed by atoms with Crippen molar-refractivity contribution in [2.75, 3.05) is 0 Å². The number of alkyl halides is 3. The lowest BCUT2D eigenvalue weighted by Crippen LogP contribution is -2.10. The molecule has 0 amide bonds. The molecule has 0 aliphatic rings. The summed E-state index contributed by atoms with van der Waals surface area (Å²) in [5.74, 6) is 0.740. The average Bonchev–Trinajstić information content (AvgIpc) is 3.76. The molecule has 12 aromatic rings. The van der Waals surface area contributed by atoms with E-state index in [1.54, 1.807) is 12.1 Å². The summed E-state index contributed by atoms with van der Waals surface area (Å²) < 4.78 is 49.9. The van der Waals surface area contributed by atoms with Crippen LogP contribution in [0.25, 0.3) is 118 Å². The smallest absolute Gasteiger partial charge is 0.308 e. The number of rotatable bonds is 9. The Hall–Kier alpha value is -9.27. The van der Waals surface area contributed by atoms with Gasteiger partial charge in [0.05, 0.1) is 45.1 Å². The molecular formula is C65H44F3N5. The molecule has 3 heterocycles. The van der Waals surface area contributed by atoms with Gasteiger partial charge in [0.2, 0.25) is 0 Å². The van der Waals surface area contributed by atoms with Crippen molar-refractivity contribution >= 4 is 21.8 Å². The van der Waals surface area contributed by atoms with Gasteiger partial charge in [0, 0.05) is 44.2 Å². The largest absolute Gasteiger partial charge is 0.416 e. The predicted octanol–water partition coefficient (Wildman–Crippen LogP) is 17.3. The first kappa shape index (κ1) is 44.9. The summed E-state index contributed by atoms with van der Waals surface area (Å²) in [5.41, 5.74) is 12.9. The van der Waals surface area contributed by atoms with Crippen molar-refractivity contribution < 1.29 is 13.2 Å². The fourth-order valence-electron chi connectivity index (χ4n) is 9.94. The first-order chi connectivity index (χ1) is 35.6. The van der Waals surface area contributed by atoms with E-state index in [9.17, 15) is 0 Å². The first-order valence-corrected chi connectivity index (χ1v) is 24.1. The molecule has 0 aliphatic carbocycles. The highest BCUT2D eigenvalue weighted by atomic mass is 19.4. The van der Waals surface area contributed by atoms with E-state index in [0.717, 1.165) is 77.4 Å². The van der Waals surface area contributed by atoms with Crippen LogP contribution in [0.4, 0.5) is 13.2 Å². The maximum atomic E-state index is 15.9. The van der Waals surface area contributed by atoms with E-state index >= 15 is 13.2 Å². The number of hydrogen-bond acceptors (Lipinski definition) is 4. The summed E-state index contributed by atoms with van der Waals surface area (Å²) in [5, 5.41) is 1.86. The molecule has 0 saturated carbocycles. The Labute approximate surface area is 420 Å². The van der Waals surface area contributed by atoms with Crippen molar-refractivity contribution in [2.45, 2.75) is 20.0 Å². The Morgan fingerprint density at radius 2 is 0.685 bits per heavy atom. The van der Waals surface area contributed by atoms with Gasteiger partial charge in [-0.25, -0.2) is 19.9 Å². The normalized spacial score (nSPS) is 11.6. The zero-order chi connectivity index (χ0) is 49.6. The standard InChI is InChI=1S/C65H44F3N5/c1-41-19-15-17-29-50(41)47-31-33-60-52(35-47)53-36-48(51-30-18-16-20-42(51)2)32-34-61(53)73(60)62-54(58-39-56(43-21-7-3-8-22-43)69-63(71-58)45-25-11-5-12-26-45)37-49(65(66,67)68)38-55(62)59-40-57(44-23-9-4-10-24-44)70-64(72-59)46-27-13-6-14-28-46/h3-40H,1-2H3. The maximum absolute atomic E-state index is 15.9. The number of aryl methyl sites for hydroxylation is 2. The van der Waals surface area contributed by atoms with E-state index in [2.05, 4.69) is 79.1 Å². The molecule has 8 heteroatoms. The van der Waals surface area contributed by atoms with E-state index in [1.165, 1.54) is 12.1 Å². The van der Waals surface area contributed by atoms with Crippen molar-refractivity contribution in [2.24, 2.45) is 0 Å². The summed E-state index contributed by atoms with van der Waals surface area (Å²) in [4.78, 5) is 20.6. The van der Waals surface area contributed by atoms with Crippen LogP contribution in [0.1, 0.15) is 16.7 Å². The molecule has 0 aliphatic heterocycles. The molecule has 0 unspecified atom stereocenters. The van der Waals surface area contributed by atoms with Gasteiger partial charge in [-0.3, -0.25) is 0 Å². The third-order valence-corrected chi connectivity index (χ3v) is 13.5. The highest BCUT2D eigenvalue weighted by Crippen LogP contribution is 2.47. The van der Waals surface area contributed by atoms with Crippen LogP contribution in [0.5, 0.6) is 0 Å². The maximum Gasteiger partial charge on any atom is 0.416 e. The monoisotopic (exact) mass is 951 g/mol. The fraction of sp³-hybridized carbons (Fsp3) is 0.0462. The third kappa shape index (κ3) is 8.53. The van der Waals surface area contributed by atoms with Crippen LogP contribution in [0, 0.1) is 13.8 Å².